The Hall–Kier alpha value is -1.94. The zero-order chi connectivity index (χ0) is 15.2. The first kappa shape index (κ1) is 15.4. The van der Waals surface area contributed by atoms with E-state index in [0.717, 1.165) is 33.6 Å². The minimum absolute atomic E-state index is 0.684. The Morgan fingerprint density at radius 3 is 2.38 bits per heavy atom. The van der Waals surface area contributed by atoms with Gasteiger partial charge in [0, 0.05) is 30.7 Å². The number of furan rings is 1. The molecule has 0 aliphatic rings. The molecule has 0 saturated carbocycles. The fraction of sp³-hybridized carbons (Fsp3) is 0.312. The standard InChI is InChI=1S/C16H20ClN3O/c1-11-8-14(12(2)21-11)10-20-16(18-3)19-9-13-4-6-15(17)7-5-13/h4-8H,9-10H2,1-3H3,(H2,18,19,20). The summed E-state index contributed by atoms with van der Waals surface area (Å²) in [6, 6.07) is 9.78. The molecular weight excluding hydrogens is 286 g/mol. The van der Waals surface area contributed by atoms with E-state index in [9.17, 15) is 0 Å². The van der Waals surface area contributed by atoms with E-state index in [-0.39, 0.29) is 0 Å². The Morgan fingerprint density at radius 2 is 1.81 bits per heavy atom. The third-order valence-corrected chi connectivity index (χ3v) is 3.44. The second-order valence-electron chi connectivity index (χ2n) is 4.84. The minimum Gasteiger partial charge on any atom is -0.466 e. The third-order valence-electron chi connectivity index (χ3n) is 3.19. The lowest BCUT2D eigenvalue weighted by atomic mass is 10.2. The van der Waals surface area contributed by atoms with Crippen molar-refractivity contribution in [3.8, 4) is 0 Å². The van der Waals surface area contributed by atoms with Gasteiger partial charge in [0.15, 0.2) is 5.96 Å². The van der Waals surface area contributed by atoms with E-state index < -0.39 is 0 Å². The van der Waals surface area contributed by atoms with Crippen LogP contribution in [-0.2, 0) is 13.1 Å². The number of benzene rings is 1. The molecule has 0 radical (unpaired) electrons. The van der Waals surface area contributed by atoms with Gasteiger partial charge in [0.05, 0.1) is 0 Å². The Bertz CT molecular complexity index is 617. The Morgan fingerprint density at radius 1 is 1.14 bits per heavy atom. The summed E-state index contributed by atoms with van der Waals surface area (Å²) in [5, 5.41) is 7.28. The van der Waals surface area contributed by atoms with Crippen molar-refractivity contribution in [2.75, 3.05) is 7.05 Å². The van der Waals surface area contributed by atoms with Gasteiger partial charge >= 0.3 is 0 Å². The third kappa shape index (κ3) is 4.53. The van der Waals surface area contributed by atoms with E-state index in [1.807, 2.05) is 44.2 Å². The fourth-order valence-electron chi connectivity index (χ4n) is 2.05. The Labute approximate surface area is 130 Å². The largest absolute Gasteiger partial charge is 0.466 e. The van der Waals surface area contributed by atoms with E-state index in [1.165, 1.54) is 0 Å². The summed E-state index contributed by atoms with van der Waals surface area (Å²) in [4.78, 5) is 4.21. The Kier molecular flexibility index (Phi) is 5.28. The second kappa shape index (κ2) is 7.18. The quantitative estimate of drug-likeness (QED) is 0.672. The molecule has 2 rings (SSSR count). The van der Waals surface area contributed by atoms with Crippen molar-refractivity contribution in [1.29, 1.82) is 0 Å². The van der Waals surface area contributed by atoms with E-state index in [0.29, 0.717) is 13.1 Å². The zero-order valence-corrected chi connectivity index (χ0v) is 13.3. The van der Waals surface area contributed by atoms with Crippen molar-refractivity contribution in [2.45, 2.75) is 26.9 Å². The molecule has 0 atom stereocenters. The number of aliphatic imine (C=N–C) groups is 1. The number of aryl methyl sites for hydroxylation is 2. The van der Waals surface area contributed by atoms with Crippen LogP contribution >= 0.6 is 11.6 Å². The van der Waals surface area contributed by atoms with Gasteiger partial charge in [-0.15, -0.1) is 0 Å². The number of rotatable bonds is 4. The van der Waals surface area contributed by atoms with Gasteiger partial charge in [0.2, 0.25) is 0 Å². The summed E-state index contributed by atoms with van der Waals surface area (Å²) in [6.45, 7) is 5.29. The first-order valence-corrected chi connectivity index (χ1v) is 7.21. The van der Waals surface area contributed by atoms with Crippen LogP contribution < -0.4 is 10.6 Å². The highest BCUT2D eigenvalue weighted by Crippen LogP contribution is 2.13. The van der Waals surface area contributed by atoms with Crippen LogP contribution in [-0.4, -0.2) is 13.0 Å². The zero-order valence-electron chi connectivity index (χ0n) is 12.5. The summed E-state index contributed by atoms with van der Waals surface area (Å²) in [7, 11) is 1.75. The molecule has 0 aliphatic heterocycles. The van der Waals surface area contributed by atoms with Gasteiger partial charge in [0.25, 0.3) is 0 Å². The van der Waals surface area contributed by atoms with E-state index in [2.05, 4.69) is 15.6 Å². The molecule has 2 aromatic rings. The molecule has 0 fully saturated rings. The van der Waals surface area contributed by atoms with Crippen LogP contribution in [0.1, 0.15) is 22.6 Å². The highest BCUT2D eigenvalue weighted by atomic mass is 35.5. The molecule has 0 amide bonds. The average molecular weight is 306 g/mol. The van der Waals surface area contributed by atoms with Crippen molar-refractivity contribution >= 4 is 17.6 Å². The van der Waals surface area contributed by atoms with Gasteiger partial charge in [-0.3, -0.25) is 4.99 Å². The molecule has 5 heteroatoms. The molecule has 1 aromatic heterocycles. The number of guanidine groups is 1. The van der Waals surface area contributed by atoms with Crippen LogP contribution in [0.3, 0.4) is 0 Å². The molecule has 0 aliphatic carbocycles. The van der Waals surface area contributed by atoms with Gasteiger partial charge in [-0.2, -0.15) is 0 Å². The predicted molar refractivity (Wildman–Crippen MR) is 86.7 cm³/mol. The van der Waals surface area contributed by atoms with Crippen molar-refractivity contribution < 1.29 is 4.42 Å². The predicted octanol–water partition coefficient (Wildman–Crippen LogP) is 3.42. The van der Waals surface area contributed by atoms with Crippen LogP contribution in [0.2, 0.25) is 5.02 Å². The summed E-state index contributed by atoms with van der Waals surface area (Å²) in [5.74, 6) is 2.62. The average Bonchev–Trinajstić information content (AvgIpc) is 2.79. The van der Waals surface area contributed by atoms with Crippen LogP contribution in [0.15, 0.2) is 39.7 Å². The normalized spacial score (nSPS) is 11.5. The topological polar surface area (TPSA) is 49.6 Å². The molecule has 4 nitrogen and oxygen atoms in total. The number of nitrogens with one attached hydrogen (secondary N) is 2. The van der Waals surface area contributed by atoms with E-state index in [4.69, 9.17) is 16.0 Å². The number of nitrogens with zero attached hydrogens (tertiary/aromatic N) is 1. The first-order chi connectivity index (χ1) is 10.1. The molecule has 1 aromatic carbocycles. The number of hydrogen-bond acceptors (Lipinski definition) is 2. The van der Waals surface area contributed by atoms with E-state index >= 15 is 0 Å². The fourth-order valence-corrected chi connectivity index (χ4v) is 2.17. The highest BCUT2D eigenvalue weighted by Gasteiger charge is 2.05. The van der Waals surface area contributed by atoms with Crippen LogP contribution in [0.25, 0.3) is 0 Å². The van der Waals surface area contributed by atoms with E-state index in [1.54, 1.807) is 7.05 Å². The Balaban J connectivity index is 1.86. The molecule has 0 spiro atoms. The lowest BCUT2D eigenvalue weighted by molar-refractivity contribution is 0.500. The second-order valence-corrected chi connectivity index (χ2v) is 5.28. The number of halogens is 1. The molecule has 2 N–H and O–H groups in total. The molecule has 1 heterocycles. The van der Waals surface area contributed by atoms with Crippen molar-refractivity contribution in [1.82, 2.24) is 10.6 Å². The summed E-state index contributed by atoms with van der Waals surface area (Å²) < 4.78 is 5.51. The molecule has 0 unspecified atom stereocenters. The van der Waals surface area contributed by atoms with Gasteiger partial charge in [-0.25, -0.2) is 0 Å². The number of hydrogen-bond donors (Lipinski definition) is 2. The summed E-state index contributed by atoms with van der Waals surface area (Å²) in [6.07, 6.45) is 0. The first-order valence-electron chi connectivity index (χ1n) is 6.83. The minimum atomic E-state index is 0.684. The SMILES string of the molecule is CN=C(NCc1ccc(Cl)cc1)NCc1cc(C)oc1C. The van der Waals surface area contributed by atoms with Crippen LogP contribution in [0.5, 0.6) is 0 Å². The lowest BCUT2D eigenvalue weighted by Crippen LogP contribution is -2.36. The molecule has 112 valence electrons. The van der Waals surface area contributed by atoms with Gasteiger partial charge < -0.3 is 15.1 Å². The van der Waals surface area contributed by atoms with Crippen LogP contribution in [0.4, 0.5) is 0 Å². The maximum atomic E-state index is 5.87. The molecule has 0 saturated heterocycles. The lowest BCUT2D eigenvalue weighted by Gasteiger charge is -2.11. The van der Waals surface area contributed by atoms with Gasteiger partial charge in [-0.05, 0) is 37.6 Å². The smallest absolute Gasteiger partial charge is 0.191 e. The maximum absolute atomic E-state index is 5.87. The van der Waals surface area contributed by atoms with Gasteiger partial charge in [-0.1, -0.05) is 23.7 Å². The van der Waals surface area contributed by atoms with Crippen molar-refractivity contribution in [2.24, 2.45) is 4.99 Å². The van der Waals surface area contributed by atoms with Crippen LogP contribution in [0, 0.1) is 13.8 Å². The molecular formula is C16H20ClN3O. The van der Waals surface area contributed by atoms with Gasteiger partial charge in [0.1, 0.15) is 11.5 Å². The van der Waals surface area contributed by atoms with Crippen molar-refractivity contribution in [3.05, 3.63) is 58.0 Å². The molecule has 0 bridgehead atoms. The summed E-state index contributed by atoms with van der Waals surface area (Å²) >= 11 is 5.87. The van der Waals surface area contributed by atoms with Crippen molar-refractivity contribution in [3.63, 3.8) is 0 Å². The highest BCUT2D eigenvalue weighted by molar-refractivity contribution is 6.30. The maximum Gasteiger partial charge on any atom is 0.191 e. The molecule has 21 heavy (non-hydrogen) atoms. The summed E-state index contributed by atoms with van der Waals surface area (Å²) in [5.41, 5.74) is 2.29. The monoisotopic (exact) mass is 305 g/mol.